The van der Waals surface area contributed by atoms with Gasteiger partial charge in [-0.3, -0.25) is 4.21 Å². The SMILES string of the molecule is COCc1ccc(CNCCS(C)=O)cc1. The molecule has 0 aliphatic rings. The Kier molecular flexibility index (Phi) is 6.30. The fourth-order valence-electron chi connectivity index (χ4n) is 1.37. The molecule has 0 heterocycles. The number of nitrogens with one attached hydrogen (secondary N) is 1. The highest BCUT2D eigenvalue weighted by Gasteiger charge is 1.95. The Morgan fingerprint density at radius 2 is 1.88 bits per heavy atom. The average molecular weight is 241 g/mol. The van der Waals surface area contributed by atoms with Crippen LogP contribution in [0.25, 0.3) is 0 Å². The molecule has 1 N–H and O–H groups in total. The third kappa shape index (κ3) is 5.39. The topological polar surface area (TPSA) is 38.3 Å². The van der Waals surface area contributed by atoms with Crippen molar-refractivity contribution in [1.82, 2.24) is 5.32 Å². The van der Waals surface area contributed by atoms with Gasteiger partial charge in [0.2, 0.25) is 0 Å². The molecule has 1 atom stereocenters. The average Bonchev–Trinajstić information content (AvgIpc) is 2.27. The van der Waals surface area contributed by atoms with Crippen LogP contribution in [0.2, 0.25) is 0 Å². The predicted molar refractivity (Wildman–Crippen MR) is 67.8 cm³/mol. The molecule has 0 aliphatic carbocycles. The van der Waals surface area contributed by atoms with E-state index in [4.69, 9.17) is 4.74 Å². The molecule has 0 fully saturated rings. The molecule has 0 aromatic heterocycles. The first kappa shape index (κ1) is 13.4. The van der Waals surface area contributed by atoms with Crippen LogP contribution in [-0.2, 0) is 28.7 Å². The third-order valence-corrected chi connectivity index (χ3v) is 3.01. The van der Waals surface area contributed by atoms with Gasteiger partial charge in [-0.1, -0.05) is 24.3 Å². The van der Waals surface area contributed by atoms with E-state index in [0.29, 0.717) is 12.4 Å². The second-order valence-corrected chi connectivity index (χ2v) is 5.26. The standard InChI is InChI=1S/C12H19NO2S/c1-15-10-12-5-3-11(4-6-12)9-13-7-8-16(2)14/h3-6,13H,7-10H2,1-2H3. The van der Waals surface area contributed by atoms with Gasteiger partial charge in [0.05, 0.1) is 6.61 Å². The first-order chi connectivity index (χ1) is 7.72. The molecule has 0 aliphatic heterocycles. The minimum atomic E-state index is -0.709. The lowest BCUT2D eigenvalue weighted by molar-refractivity contribution is 0.185. The van der Waals surface area contributed by atoms with Crippen molar-refractivity contribution >= 4 is 10.8 Å². The van der Waals surface area contributed by atoms with Crippen molar-refractivity contribution < 1.29 is 8.95 Å². The van der Waals surface area contributed by atoms with Gasteiger partial charge in [-0.2, -0.15) is 0 Å². The monoisotopic (exact) mass is 241 g/mol. The van der Waals surface area contributed by atoms with Crippen molar-refractivity contribution in [2.24, 2.45) is 0 Å². The molecule has 0 saturated carbocycles. The van der Waals surface area contributed by atoms with Crippen LogP contribution in [0.1, 0.15) is 11.1 Å². The first-order valence-electron chi connectivity index (χ1n) is 5.30. The summed E-state index contributed by atoms with van der Waals surface area (Å²) in [4.78, 5) is 0. The molecule has 0 radical (unpaired) electrons. The molecule has 1 aromatic carbocycles. The van der Waals surface area contributed by atoms with Crippen LogP contribution in [0.5, 0.6) is 0 Å². The smallest absolute Gasteiger partial charge is 0.0713 e. The lowest BCUT2D eigenvalue weighted by atomic mass is 10.1. The molecule has 0 spiro atoms. The maximum atomic E-state index is 10.8. The minimum Gasteiger partial charge on any atom is -0.380 e. The van der Waals surface area contributed by atoms with E-state index in [-0.39, 0.29) is 0 Å². The summed E-state index contributed by atoms with van der Waals surface area (Å²) in [6, 6.07) is 8.31. The van der Waals surface area contributed by atoms with Crippen molar-refractivity contribution in [3.05, 3.63) is 35.4 Å². The molecule has 1 aromatic rings. The van der Waals surface area contributed by atoms with Gasteiger partial charge in [-0.15, -0.1) is 0 Å². The Bertz CT molecular complexity index is 324. The summed E-state index contributed by atoms with van der Waals surface area (Å²) in [5.74, 6) is 0.710. The number of methoxy groups -OCH3 is 1. The van der Waals surface area contributed by atoms with Crippen LogP contribution in [0, 0.1) is 0 Å². The molecule has 0 amide bonds. The molecule has 4 heteroatoms. The molecule has 1 rings (SSSR count). The second-order valence-electron chi connectivity index (χ2n) is 3.70. The summed E-state index contributed by atoms with van der Waals surface area (Å²) in [7, 11) is 0.986. The van der Waals surface area contributed by atoms with Gasteiger partial charge in [-0.25, -0.2) is 0 Å². The number of hydrogen-bond donors (Lipinski definition) is 1. The van der Waals surface area contributed by atoms with E-state index in [0.717, 1.165) is 13.1 Å². The molecule has 1 unspecified atom stereocenters. The molecule has 0 saturated heterocycles. The van der Waals surface area contributed by atoms with E-state index in [9.17, 15) is 4.21 Å². The fraction of sp³-hybridized carbons (Fsp3) is 0.500. The summed E-state index contributed by atoms with van der Waals surface area (Å²) in [6.45, 7) is 2.27. The van der Waals surface area contributed by atoms with Crippen molar-refractivity contribution in [3.8, 4) is 0 Å². The highest BCUT2D eigenvalue weighted by molar-refractivity contribution is 7.84. The Balaban J connectivity index is 2.29. The Morgan fingerprint density at radius 1 is 1.25 bits per heavy atom. The summed E-state index contributed by atoms with van der Waals surface area (Å²) in [6.07, 6.45) is 1.72. The Labute approximate surface area is 99.7 Å². The van der Waals surface area contributed by atoms with Gasteiger partial charge in [0.1, 0.15) is 0 Å². The maximum absolute atomic E-state index is 10.8. The normalized spacial score (nSPS) is 12.6. The number of rotatable bonds is 7. The minimum absolute atomic E-state index is 0.655. The highest BCUT2D eigenvalue weighted by Crippen LogP contribution is 2.04. The zero-order valence-electron chi connectivity index (χ0n) is 9.86. The highest BCUT2D eigenvalue weighted by atomic mass is 32.2. The van der Waals surface area contributed by atoms with Crippen molar-refractivity contribution in [1.29, 1.82) is 0 Å². The van der Waals surface area contributed by atoms with E-state index in [1.54, 1.807) is 13.4 Å². The van der Waals surface area contributed by atoms with Crippen LogP contribution < -0.4 is 5.32 Å². The summed E-state index contributed by atoms with van der Waals surface area (Å²) in [5, 5.41) is 3.26. The molecule has 16 heavy (non-hydrogen) atoms. The van der Waals surface area contributed by atoms with Gasteiger partial charge in [0.25, 0.3) is 0 Å². The van der Waals surface area contributed by atoms with E-state index < -0.39 is 10.8 Å². The maximum Gasteiger partial charge on any atom is 0.0713 e. The predicted octanol–water partition coefficient (Wildman–Crippen LogP) is 1.30. The van der Waals surface area contributed by atoms with Gasteiger partial charge in [-0.05, 0) is 11.1 Å². The lowest BCUT2D eigenvalue weighted by Gasteiger charge is -2.05. The largest absolute Gasteiger partial charge is 0.380 e. The van der Waals surface area contributed by atoms with Crippen LogP contribution in [-0.4, -0.2) is 29.9 Å². The van der Waals surface area contributed by atoms with E-state index in [1.807, 2.05) is 0 Å². The third-order valence-electron chi connectivity index (χ3n) is 2.23. The fourth-order valence-corrected chi connectivity index (χ4v) is 1.80. The molecule has 90 valence electrons. The Hall–Kier alpha value is -0.710. The van der Waals surface area contributed by atoms with Crippen LogP contribution >= 0.6 is 0 Å². The summed E-state index contributed by atoms with van der Waals surface area (Å²) >= 11 is 0. The number of ether oxygens (including phenoxy) is 1. The van der Waals surface area contributed by atoms with Gasteiger partial charge < -0.3 is 10.1 Å². The number of benzene rings is 1. The lowest BCUT2D eigenvalue weighted by Crippen LogP contribution is -2.19. The van der Waals surface area contributed by atoms with E-state index in [2.05, 4.69) is 29.6 Å². The molecule has 0 bridgehead atoms. The van der Waals surface area contributed by atoms with E-state index in [1.165, 1.54) is 11.1 Å². The van der Waals surface area contributed by atoms with Crippen molar-refractivity contribution in [2.75, 3.05) is 25.7 Å². The summed E-state index contributed by atoms with van der Waals surface area (Å²) < 4.78 is 15.9. The van der Waals surface area contributed by atoms with Crippen LogP contribution in [0.15, 0.2) is 24.3 Å². The molecular formula is C12H19NO2S. The van der Waals surface area contributed by atoms with Crippen LogP contribution in [0.4, 0.5) is 0 Å². The quantitative estimate of drug-likeness (QED) is 0.731. The molecule has 3 nitrogen and oxygen atoms in total. The summed E-state index contributed by atoms with van der Waals surface area (Å²) in [5.41, 5.74) is 2.42. The Morgan fingerprint density at radius 3 is 2.44 bits per heavy atom. The first-order valence-corrected chi connectivity index (χ1v) is 7.02. The van der Waals surface area contributed by atoms with E-state index >= 15 is 0 Å². The zero-order valence-corrected chi connectivity index (χ0v) is 10.7. The van der Waals surface area contributed by atoms with Crippen molar-refractivity contribution in [3.63, 3.8) is 0 Å². The van der Waals surface area contributed by atoms with Crippen LogP contribution in [0.3, 0.4) is 0 Å². The van der Waals surface area contributed by atoms with Gasteiger partial charge >= 0.3 is 0 Å². The molecular weight excluding hydrogens is 222 g/mol. The van der Waals surface area contributed by atoms with Crippen molar-refractivity contribution in [2.45, 2.75) is 13.2 Å². The second kappa shape index (κ2) is 7.54. The van der Waals surface area contributed by atoms with Gasteiger partial charge in [0.15, 0.2) is 0 Å². The van der Waals surface area contributed by atoms with Gasteiger partial charge in [0, 0.05) is 43.0 Å². The zero-order chi connectivity index (χ0) is 11.8. The number of hydrogen-bond acceptors (Lipinski definition) is 3.